The molecule has 3 atom stereocenters. The fourth-order valence-electron chi connectivity index (χ4n) is 10.1. The lowest BCUT2D eigenvalue weighted by atomic mass is 9.73. The van der Waals surface area contributed by atoms with Gasteiger partial charge in [0.05, 0.1) is 10.9 Å². The van der Waals surface area contributed by atoms with Crippen LogP contribution in [0.1, 0.15) is 81.4 Å². The number of hydrogen-bond donors (Lipinski definition) is 1. The number of amides is 1. The zero-order valence-corrected chi connectivity index (χ0v) is 36.9. The lowest BCUT2D eigenvalue weighted by molar-refractivity contribution is -0.579. The van der Waals surface area contributed by atoms with Crippen LogP contribution in [-0.2, 0) is 16.6 Å². The number of nitrogens with zero attached hydrogens (tertiary/aromatic N) is 4. The van der Waals surface area contributed by atoms with Gasteiger partial charge in [-0.2, -0.15) is 9.14 Å². The van der Waals surface area contributed by atoms with Crippen molar-refractivity contribution in [3.05, 3.63) is 173 Å². The Morgan fingerprint density at radius 3 is 2.34 bits per heavy atom. The third kappa shape index (κ3) is 7.49. The number of pyridine rings is 2. The van der Waals surface area contributed by atoms with Gasteiger partial charge in [-0.05, 0) is 102 Å². The number of aryl methyl sites for hydroxylation is 1. The van der Waals surface area contributed by atoms with Crippen LogP contribution in [0.25, 0.3) is 44.2 Å². The molecule has 3 aromatic heterocycles. The highest BCUT2D eigenvalue weighted by Crippen LogP contribution is 2.41. The largest absolute Gasteiger partial charge is 0.364 e. The van der Waals surface area contributed by atoms with Crippen molar-refractivity contribution in [2.75, 3.05) is 20.9 Å². The molecule has 7 heteroatoms. The van der Waals surface area contributed by atoms with Gasteiger partial charge >= 0.3 is 0 Å². The fourth-order valence-corrected chi connectivity index (χ4v) is 10.1. The Labute approximate surface area is 365 Å². The molecule has 1 amide bonds. The van der Waals surface area contributed by atoms with E-state index >= 15 is 0 Å². The van der Waals surface area contributed by atoms with Crippen LogP contribution in [0.3, 0.4) is 0 Å². The Bertz CT molecular complexity index is 3000. The summed E-state index contributed by atoms with van der Waals surface area (Å²) >= 11 is 0. The predicted molar refractivity (Wildman–Crippen MR) is 253 cm³/mol. The average molecular weight is 820 g/mol. The maximum atomic E-state index is 13.4. The summed E-state index contributed by atoms with van der Waals surface area (Å²) in [5.74, 6) is 0.456. The van der Waals surface area contributed by atoms with Gasteiger partial charge in [0, 0.05) is 89.0 Å². The molecule has 0 bridgehead atoms. The Hall–Kier alpha value is -6.44. The molecule has 9 rings (SSSR count). The molecule has 7 nitrogen and oxygen atoms in total. The first-order valence-electron chi connectivity index (χ1n) is 22.1. The van der Waals surface area contributed by atoms with Crippen molar-refractivity contribution in [2.24, 2.45) is 12.5 Å². The number of hydrogen-bond acceptors (Lipinski definition) is 3. The third-order valence-electron chi connectivity index (χ3n) is 13.8. The second-order valence-corrected chi connectivity index (χ2v) is 17.5. The molecule has 4 aromatic carbocycles. The van der Waals surface area contributed by atoms with Crippen LogP contribution in [0.15, 0.2) is 151 Å². The zero-order chi connectivity index (χ0) is 43.0. The van der Waals surface area contributed by atoms with Crippen molar-refractivity contribution < 1.29 is 18.7 Å². The van der Waals surface area contributed by atoms with Gasteiger partial charge in [-0.3, -0.25) is 9.78 Å². The standard InChI is InChI=1S/C55H56N5O2/c1-7-55(3,54(61)57-36-62-6)35-44(39-26-30-56-31-27-39)34-37(2)38-28-32-60(33-29-38)53-42(22-24-47-45-16-8-12-40-14-10-18-49(51(40)45)58(47)4)20-21-43(53)23-25-48-46-17-9-13-41-15-11-19-50(52(41)46)59(48)5/h8-19,22-33,37,44H,7,20-21,34-36H2,1-6H3/q+1/p+1. The lowest BCUT2D eigenvalue weighted by Gasteiger charge is -2.32. The number of allylic oxidation sites excluding steroid dienone is 6. The molecule has 0 saturated carbocycles. The van der Waals surface area contributed by atoms with E-state index in [0.717, 1.165) is 32.1 Å². The van der Waals surface area contributed by atoms with E-state index < -0.39 is 5.41 Å². The van der Waals surface area contributed by atoms with Crippen LogP contribution in [0.2, 0.25) is 0 Å². The van der Waals surface area contributed by atoms with E-state index in [2.05, 4.69) is 193 Å². The zero-order valence-electron chi connectivity index (χ0n) is 36.9. The Kier molecular flexibility index (Phi) is 11.3. The summed E-state index contributed by atoms with van der Waals surface area (Å²) in [5, 5.41) is 10.7. The Morgan fingerprint density at radius 1 is 0.887 bits per heavy atom. The van der Waals surface area contributed by atoms with Crippen LogP contribution < -0.4 is 15.2 Å². The Morgan fingerprint density at radius 2 is 1.60 bits per heavy atom. The lowest BCUT2D eigenvalue weighted by Crippen LogP contribution is -2.40. The number of aromatic nitrogens is 3. The summed E-state index contributed by atoms with van der Waals surface area (Å²) in [7, 11) is 5.96. The summed E-state index contributed by atoms with van der Waals surface area (Å²) in [6.45, 7) is 6.70. The van der Waals surface area contributed by atoms with Crippen molar-refractivity contribution in [3.63, 3.8) is 0 Å². The molecule has 0 saturated heterocycles. The fraction of sp³-hybridized carbons (Fsp3) is 0.273. The van der Waals surface area contributed by atoms with Crippen LogP contribution in [0.5, 0.6) is 0 Å². The number of methoxy groups -OCH3 is 1. The van der Waals surface area contributed by atoms with Gasteiger partial charge in [0.2, 0.25) is 23.0 Å². The molecule has 1 aliphatic carbocycles. The minimum atomic E-state index is -0.535. The van der Waals surface area contributed by atoms with Gasteiger partial charge in [0.15, 0.2) is 12.4 Å². The van der Waals surface area contributed by atoms with Crippen LogP contribution in [-0.4, -0.2) is 46.6 Å². The third-order valence-corrected chi connectivity index (χ3v) is 13.8. The number of nitrogens with one attached hydrogen (secondary N) is 1. The average Bonchev–Trinajstić information content (AvgIpc) is 3.94. The molecule has 3 unspecified atom stereocenters. The highest BCUT2D eigenvalue weighted by Gasteiger charge is 2.36. The van der Waals surface area contributed by atoms with Crippen LogP contribution >= 0.6 is 0 Å². The van der Waals surface area contributed by atoms with E-state index in [1.807, 2.05) is 12.4 Å². The number of rotatable bonds is 14. The summed E-state index contributed by atoms with van der Waals surface area (Å²) in [6, 6.07) is 35.2. The molecule has 312 valence electrons. The number of ether oxygens (including phenoxy) is 1. The van der Waals surface area contributed by atoms with Gasteiger partial charge in [-0.25, -0.2) is 0 Å². The molecule has 0 spiro atoms. The number of carbonyl (C=O) groups excluding carboxylic acids is 1. The highest BCUT2D eigenvalue weighted by atomic mass is 16.5. The number of benzene rings is 4. The van der Waals surface area contributed by atoms with Gasteiger partial charge in [-0.15, -0.1) is 0 Å². The van der Waals surface area contributed by atoms with E-state index in [9.17, 15) is 4.79 Å². The SMILES string of the molecule is CCC(C)(CC(CC(C)c1cc[n+](C2=C(C=CC3=[N+](C)c4cccc5cccc3c45)CCC2=CC=c2c3cccc4cccc(c43)n2C)cc1)c1ccncc1)C(=O)NCOC. The van der Waals surface area contributed by atoms with Crippen molar-refractivity contribution in [2.45, 2.75) is 64.7 Å². The minimum absolute atomic E-state index is 0.0317. The van der Waals surface area contributed by atoms with Gasteiger partial charge in [-0.1, -0.05) is 81.4 Å². The quantitative estimate of drug-likeness (QED) is 0.0878. The van der Waals surface area contributed by atoms with E-state index in [1.165, 1.54) is 82.7 Å². The minimum Gasteiger partial charge on any atom is -0.364 e. The number of carbonyl (C=O) groups is 1. The normalized spacial score (nSPS) is 17.1. The van der Waals surface area contributed by atoms with E-state index in [1.54, 1.807) is 7.11 Å². The van der Waals surface area contributed by atoms with E-state index in [-0.39, 0.29) is 24.5 Å². The van der Waals surface area contributed by atoms with Crippen molar-refractivity contribution in [3.8, 4) is 0 Å². The molecule has 4 heterocycles. The summed E-state index contributed by atoms with van der Waals surface area (Å²) in [5.41, 5.74) is 10.8. The maximum absolute atomic E-state index is 13.4. The topological polar surface area (TPSA) is 63.0 Å². The maximum Gasteiger partial charge on any atom is 0.227 e. The van der Waals surface area contributed by atoms with E-state index in [4.69, 9.17) is 4.74 Å². The van der Waals surface area contributed by atoms with Crippen molar-refractivity contribution in [1.82, 2.24) is 14.9 Å². The molecule has 1 N–H and O–H groups in total. The molecular weight excluding hydrogens is 763 g/mol. The molecular formula is C55H57N5O2+2. The molecule has 0 fully saturated rings. The highest BCUT2D eigenvalue weighted by molar-refractivity contribution is 6.19. The van der Waals surface area contributed by atoms with Crippen LogP contribution in [0, 0.1) is 5.41 Å². The second-order valence-electron chi connectivity index (χ2n) is 17.5. The summed E-state index contributed by atoms with van der Waals surface area (Å²) in [6.07, 6.45) is 21.9. The predicted octanol–water partition coefficient (Wildman–Crippen LogP) is 10.4. The smallest absolute Gasteiger partial charge is 0.227 e. The molecule has 0 radical (unpaired) electrons. The summed E-state index contributed by atoms with van der Waals surface area (Å²) < 4.78 is 12.2. The molecule has 2 aliphatic rings. The molecule has 1 aliphatic heterocycles. The van der Waals surface area contributed by atoms with Gasteiger partial charge < -0.3 is 14.6 Å². The van der Waals surface area contributed by atoms with Gasteiger partial charge in [0.1, 0.15) is 13.8 Å². The first-order chi connectivity index (χ1) is 30.2. The monoisotopic (exact) mass is 819 g/mol. The van der Waals surface area contributed by atoms with Crippen molar-refractivity contribution >= 4 is 61.5 Å². The van der Waals surface area contributed by atoms with Gasteiger partial charge in [0.25, 0.3) is 0 Å². The summed E-state index contributed by atoms with van der Waals surface area (Å²) in [4.78, 5) is 17.7. The van der Waals surface area contributed by atoms with E-state index in [0.29, 0.717) is 0 Å². The first-order valence-corrected chi connectivity index (χ1v) is 22.1. The second kappa shape index (κ2) is 17.1. The van der Waals surface area contributed by atoms with Crippen LogP contribution in [0.4, 0.5) is 5.69 Å². The van der Waals surface area contributed by atoms with Crippen molar-refractivity contribution in [1.29, 1.82) is 0 Å². The molecule has 62 heavy (non-hydrogen) atoms. The Balaban J connectivity index is 1.08. The molecule has 7 aromatic rings. The first kappa shape index (κ1) is 40.9.